The first kappa shape index (κ1) is 11.5. The summed E-state index contributed by atoms with van der Waals surface area (Å²) in [7, 11) is 0. The van der Waals surface area contributed by atoms with E-state index < -0.39 is 0 Å². The molecule has 0 radical (unpaired) electrons. The summed E-state index contributed by atoms with van der Waals surface area (Å²) in [5.41, 5.74) is 0. The lowest BCUT2D eigenvalue weighted by atomic mass is 10.2. The fourth-order valence-electron chi connectivity index (χ4n) is 1.57. The Morgan fingerprint density at radius 3 is 3.00 bits per heavy atom. The number of hydrogen-bond acceptors (Lipinski definition) is 3. The smallest absolute Gasteiger partial charge is 0.123 e. The van der Waals surface area contributed by atoms with Gasteiger partial charge in [0.25, 0.3) is 0 Å². The maximum Gasteiger partial charge on any atom is 0.123 e. The zero-order valence-electron chi connectivity index (χ0n) is 8.87. The molecule has 2 N–H and O–H groups in total. The van der Waals surface area contributed by atoms with Gasteiger partial charge in [0, 0.05) is 22.7 Å². The van der Waals surface area contributed by atoms with Crippen LogP contribution >= 0.6 is 11.3 Å². The van der Waals surface area contributed by atoms with Crippen molar-refractivity contribution in [3.05, 3.63) is 35.0 Å². The minimum absolute atomic E-state index is 0.190. The van der Waals surface area contributed by atoms with Crippen molar-refractivity contribution in [1.29, 1.82) is 0 Å². The summed E-state index contributed by atoms with van der Waals surface area (Å²) in [6.45, 7) is 1.80. The molecule has 86 valence electrons. The van der Waals surface area contributed by atoms with Crippen molar-refractivity contribution in [1.82, 2.24) is 5.32 Å². The molecule has 0 bridgehead atoms. The molecular weight excluding hydrogens is 225 g/mol. The van der Waals surface area contributed by atoms with Crippen molar-refractivity contribution in [2.24, 2.45) is 0 Å². The van der Waals surface area contributed by atoms with E-state index in [1.54, 1.807) is 17.4 Å². The molecule has 0 saturated carbocycles. The van der Waals surface area contributed by atoms with Crippen molar-refractivity contribution >= 4 is 21.4 Å². The van der Waals surface area contributed by atoms with Gasteiger partial charge in [-0.2, -0.15) is 0 Å². The third-order valence-electron chi connectivity index (χ3n) is 2.34. The van der Waals surface area contributed by atoms with Gasteiger partial charge in [0.05, 0.1) is 0 Å². The van der Waals surface area contributed by atoms with Gasteiger partial charge >= 0.3 is 0 Å². The van der Waals surface area contributed by atoms with Gasteiger partial charge in [0.15, 0.2) is 0 Å². The molecule has 1 heterocycles. The van der Waals surface area contributed by atoms with Crippen LogP contribution < -0.4 is 5.32 Å². The quantitative estimate of drug-likeness (QED) is 0.786. The van der Waals surface area contributed by atoms with Crippen LogP contribution in [0.4, 0.5) is 4.39 Å². The van der Waals surface area contributed by atoms with Crippen molar-refractivity contribution in [2.45, 2.75) is 13.0 Å². The summed E-state index contributed by atoms with van der Waals surface area (Å²) in [4.78, 5) is 1.19. The zero-order chi connectivity index (χ0) is 11.4. The van der Waals surface area contributed by atoms with E-state index >= 15 is 0 Å². The second-order valence-electron chi connectivity index (χ2n) is 3.65. The number of fused-ring (bicyclic) bond motifs is 1. The highest BCUT2D eigenvalue weighted by Gasteiger charge is 2.02. The number of hydrogen-bond donors (Lipinski definition) is 2. The van der Waals surface area contributed by atoms with E-state index in [0.717, 1.165) is 29.6 Å². The Hall–Kier alpha value is -0.970. The molecule has 0 spiro atoms. The Morgan fingerprint density at radius 2 is 2.19 bits per heavy atom. The molecule has 0 atom stereocenters. The van der Waals surface area contributed by atoms with Crippen molar-refractivity contribution in [2.75, 3.05) is 13.2 Å². The van der Waals surface area contributed by atoms with E-state index in [1.165, 1.54) is 10.9 Å². The molecule has 0 fully saturated rings. The molecule has 2 rings (SSSR count). The molecule has 0 saturated heterocycles. The van der Waals surface area contributed by atoms with Crippen molar-refractivity contribution in [3.8, 4) is 0 Å². The summed E-state index contributed by atoms with van der Waals surface area (Å²) < 4.78 is 14.1. The number of rotatable bonds is 5. The molecule has 0 aliphatic rings. The second-order valence-corrected chi connectivity index (χ2v) is 4.82. The highest BCUT2D eigenvalue weighted by atomic mass is 32.1. The van der Waals surface area contributed by atoms with E-state index in [4.69, 9.17) is 5.11 Å². The maximum atomic E-state index is 13.0. The number of aliphatic hydroxyl groups is 1. The summed E-state index contributed by atoms with van der Waals surface area (Å²) in [6, 6.07) is 6.87. The molecule has 0 unspecified atom stereocenters. The van der Waals surface area contributed by atoms with Gasteiger partial charge in [-0.3, -0.25) is 0 Å². The molecule has 0 aliphatic heterocycles. The van der Waals surface area contributed by atoms with E-state index in [0.29, 0.717) is 0 Å². The third kappa shape index (κ3) is 2.78. The number of benzene rings is 1. The fraction of sp³-hybridized carbons (Fsp3) is 0.333. The van der Waals surface area contributed by atoms with Crippen LogP contribution in [0.5, 0.6) is 0 Å². The Bertz CT molecular complexity index is 469. The minimum Gasteiger partial charge on any atom is -0.396 e. The van der Waals surface area contributed by atoms with Crippen LogP contribution in [0.15, 0.2) is 24.3 Å². The number of aliphatic hydroxyl groups excluding tert-OH is 1. The third-order valence-corrected chi connectivity index (χ3v) is 3.46. The predicted octanol–water partition coefficient (Wildman–Crippen LogP) is 2.51. The topological polar surface area (TPSA) is 32.3 Å². The van der Waals surface area contributed by atoms with Crippen LogP contribution in [0, 0.1) is 5.82 Å². The highest BCUT2D eigenvalue weighted by Crippen LogP contribution is 2.26. The van der Waals surface area contributed by atoms with Gasteiger partial charge in [-0.25, -0.2) is 4.39 Å². The molecule has 16 heavy (non-hydrogen) atoms. The highest BCUT2D eigenvalue weighted by molar-refractivity contribution is 7.19. The van der Waals surface area contributed by atoms with Crippen LogP contribution in [0.25, 0.3) is 10.1 Å². The average Bonchev–Trinajstić information content (AvgIpc) is 2.66. The summed E-state index contributed by atoms with van der Waals surface area (Å²) in [5.74, 6) is -0.190. The molecule has 1 aromatic carbocycles. The fourth-order valence-corrected chi connectivity index (χ4v) is 2.59. The minimum atomic E-state index is -0.190. The molecule has 0 aliphatic carbocycles. The van der Waals surface area contributed by atoms with Crippen molar-refractivity contribution < 1.29 is 9.50 Å². The van der Waals surface area contributed by atoms with E-state index in [2.05, 4.69) is 5.32 Å². The van der Waals surface area contributed by atoms with Gasteiger partial charge in [0.2, 0.25) is 0 Å². The maximum absolute atomic E-state index is 13.0. The standard InChI is InChI=1S/C12H14FNOS/c13-10-2-3-12-9(6-10)7-11(16-12)8-14-4-1-5-15/h2-3,6-7,14-15H,1,4-5,8H2. The molecular formula is C12H14FNOS. The van der Waals surface area contributed by atoms with E-state index in [9.17, 15) is 4.39 Å². The van der Waals surface area contributed by atoms with Crippen LogP contribution in [-0.2, 0) is 6.54 Å². The Kier molecular flexibility index (Phi) is 3.88. The van der Waals surface area contributed by atoms with Crippen LogP contribution in [-0.4, -0.2) is 18.3 Å². The van der Waals surface area contributed by atoms with Gasteiger partial charge in [-0.15, -0.1) is 11.3 Å². The predicted molar refractivity (Wildman–Crippen MR) is 65.2 cm³/mol. The molecule has 4 heteroatoms. The van der Waals surface area contributed by atoms with Crippen LogP contribution in [0.3, 0.4) is 0 Å². The SMILES string of the molecule is OCCCNCc1cc2cc(F)ccc2s1. The molecule has 1 aromatic heterocycles. The average molecular weight is 239 g/mol. The monoisotopic (exact) mass is 239 g/mol. The van der Waals surface area contributed by atoms with Crippen LogP contribution in [0.2, 0.25) is 0 Å². The first-order valence-corrected chi connectivity index (χ1v) is 6.11. The van der Waals surface area contributed by atoms with Crippen molar-refractivity contribution in [3.63, 3.8) is 0 Å². The van der Waals surface area contributed by atoms with Crippen LogP contribution in [0.1, 0.15) is 11.3 Å². The first-order valence-electron chi connectivity index (χ1n) is 5.29. The molecule has 2 aromatic rings. The molecule has 0 amide bonds. The molecule has 2 nitrogen and oxygen atoms in total. The lowest BCUT2D eigenvalue weighted by Gasteiger charge is -1.99. The summed E-state index contributed by atoms with van der Waals surface area (Å²) in [5, 5.41) is 12.8. The first-order chi connectivity index (χ1) is 7.79. The van der Waals surface area contributed by atoms with Gasteiger partial charge in [0.1, 0.15) is 5.82 Å². The largest absolute Gasteiger partial charge is 0.396 e. The summed E-state index contributed by atoms with van der Waals surface area (Å²) in [6.07, 6.45) is 0.763. The van der Waals surface area contributed by atoms with Gasteiger partial charge in [-0.1, -0.05) is 0 Å². The number of nitrogens with one attached hydrogen (secondary N) is 1. The number of thiophene rings is 1. The lowest BCUT2D eigenvalue weighted by Crippen LogP contribution is -2.14. The van der Waals surface area contributed by atoms with Gasteiger partial charge in [-0.05, 0) is 42.6 Å². The Balaban J connectivity index is 2.02. The van der Waals surface area contributed by atoms with Gasteiger partial charge < -0.3 is 10.4 Å². The number of halogens is 1. The van der Waals surface area contributed by atoms with E-state index in [1.807, 2.05) is 12.1 Å². The normalized spacial score (nSPS) is 11.1. The Morgan fingerprint density at radius 1 is 1.31 bits per heavy atom. The summed E-state index contributed by atoms with van der Waals surface area (Å²) >= 11 is 1.67. The lowest BCUT2D eigenvalue weighted by molar-refractivity contribution is 0.286. The zero-order valence-corrected chi connectivity index (χ0v) is 9.69. The Labute approximate surface area is 97.7 Å². The second kappa shape index (κ2) is 5.39. The van der Waals surface area contributed by atoms with E-state index in [-0.39, 0.29) is 12.4 Å².